The van der Waals surface area contributed by atoms with Crippen molar-refractivity contribution in [3.8, 4) is 0 Å². The zero-order valence-electron chi connectivity index (χ0n) is 13.2. The zero-order valence-corrected chi connectivity index (χ0v) is 13.2. The van der Waals surface area contributed by atoms with E-state index in [0.29, 0.717) is 0 Å². The van der Waals surface area contributed by atoms with Gasteiger partial charge in [-0.15, -0.1) is 0 Å². The first-order chi connectivity index (χ1) is 10.6. The van der Waals surface area contributed by atoms with Gasteiger partial charge >= 0.3 is 0 Å². The molecule has 22 heavy (non-hydrogen) atoms. The molecule has 118 valence electrons. The Kier molecular flexibility index (Phi) is 5.69. The number of hydrogen-bond donors (Lipinski definition) is 2. The van der Waals surface area contributed by atoms with Crippen LogP contribution in [-0.2, 0) is 9.59 Å². The SMILES string of the molecule is CC(=O)NN=C(C)c1ccc(NC(=O)C2CCCCC2)cc1. The van der Waals surface area contributed by atoms with Gasteiger partial charge in [0.1, 0.15) is 0 Å². The summed E-state index contributed by atoms with van der Waals surface area (Å²) in [6.07, 6.45) is 5.52. The third-order valence-corrected chi connectivity index (χ3v) is 3.93. The average molecular weight is 301 g/mol. The maximum Gasteiger partial charge on any atom is 0.236 e. The van der Waals surface area contributed by atoms with Gasteiger partial charge in [0.25, 0.3) is 0 Å². The molecule has 1 aromatic rings. The lowest BCUT2D eigenvalue weighted by Gasteiger charge is -2.20. The second-order valence-corrected chi connectivity index (χ2v) is 5.77. The summed E-state index contributed by atoms with van der Waals surface area (Å²) in [7, 11) is 0. The van der Waals surface area contributed by atoms with Crippen molar-refractivity contribution >= 4 is 23.2 Å². The molecule has 0 aromatic heterocycles. The summed E-state index contributed by atoms with van der Waals surface area (Å²) in [5.41, 5.74) is 4.84. The smallest absolute Gasteiger partial charge is 0.236 e. The van der Waals surface area contributed by atoms with E-state index in [4.69, 9.17) is 0 Å². The summed E-state index contributed by atoms with van der Waals surface area (Å²) in [4.78, 5) is 23.0. The molecule has 0 unspecified atom stereocenters. The summed E-state index contributed by atoms with van der Waals surface area (Å²) >= 11 is 0. The molecule has 1 saturated carbocycles. The van der Waals surface area contributed by atoms with Crippen molar-refractivity contribution in [2.75, 3.05) is 5.32 Å². The van der Waals surface area contributed by atoms with Gasteiger partial charge in [-0.25, -0.2) is 5.43 Å². The molecule has 1 fully saturated rings. The van der Waals surface area contributed by atoms with Gasteiger partial charge in [-0.2, -0.15) is 5.10 Å². The van der Waals surface area contributed by atoms with Gasteiger partial charge in [-0.3, -0.25) is 9.59 Å². The van der Waals surface area contributed by atoms with E-state index in [1.54, 1.807) is 0 Å². The Morgan fingerprint density at radius 1 is 1.05 bits per heavy atom. The minimum absolute atomic E-state index is 0.121. The van der Waals surface area contributed by atoms with Crippen molar-refractivity contribution in [1.29, 1.82) is 0 Å². The molecule has 0 saturated heterocycles. The van der Waals surface area contributed by atoms with E-state index in [1.807, 2.05) is 31.2 Å². The molecule has 2 N–H and O–H groups in total. The van der Waals surface area contributed by atoms with Crippen LogP contribution in [0.1, 0.15) is 51.5 Å². The third kappa shape index (κ3) is 4.69. The predicted molar refractivity (Wildman–Crippen MR) is 87.7 cm³/mol. The number of benzene rings is 1. The normalized spacial score (nSPS) is 16.2. The monoisotopic (exact) mass is 301 g/mol. The molecular formula is C17H23N3O2. The van der Waals surface area contributed by atoms with E-state index in [9.17, 15) is 9.59 Å². The van der Waals surface area contributed by atoms with Gasteiger partial charge in [0, 0.05) is 18.5 Å². The number of hydrazone groups is 1. The Bertz CT molecular complexity index is 558. The Labute approximate surface area is 131 Å². The maximum atomic E-state index is 12.2. The van der Waals surface area contributed by atoms with Crippen LogP contribution in [-0.4, -0.2) is 17.5 Å². The fourth-order valence-corrected chi connectivity index (χ4v) is 2.63. The molecule has 5 nitrogen and oxygen atoms in total. The molecule has 0 spiro atoms. The van der Waals surface area contributed by atoms with Crippen LogP contribution in [0, 0.1) is 5.92 Å². The van der Waals surface area contributed by atoms with Crippen LogP contribution in [0.15, 0.2) is 29.4 Å². The van der Waals surface area contributed by atoms with Crippen LogP contribution in [0.3, 0.4) is 0 Å². The number of carbonyl (C=O) groups excluding carboxylic acids is 2. The molecule has 1 aliphatic rings. The third-order valence-electron chi connectivity index (χ3n) is 3.93. The van der Waals surface area contributed by atoms with Crippen molar-refractivity contribution in [2.45, 2.75) is 46.0 Å². The van der Waals surface area contributed by atoms with Crippen molar-refractivity contribution < 1.29 is 9.59 Å². The van der Waals surface area contributed by atoms with Gasteiger partial charge in [-0.1, -0.05) is 31.4 Å². The van der Waals surface area contributed by atoms with Crippen molar-refractivity contribution in [3.63, 3.8) is 0 Å². The van der Waals surface area contributed by atoms with Gasteiger partial charge in [0.05, 0.1) is 5.71 Å². The standard InChI is InChI=1S/C17H23N3O2/c1-12(19-20-13(2)21)14-8-10-16(11-9-14)18-17(22)15-6-4-3-5-7-15/h8-11,15H,3-7H2,1-2H3,(H,18,22)(H,20,21). The van der Waals surface area contributed by atoms with Gasteiger partial charge < -0.3 is 5.32 Å². The molecule has 5 heteroatoms. The first kappa shape index (κ1) is 16.2. The van der Waals surface area contributed by atoms with Crippen molar-refractivity contribution in [3.05, 3.63) is 29.8 Å². The van der Waals surface area contributed by atoms with E-state index < -0.39 is 0 Å². The Morgan fingerprint density at radius 2 is 1.68 bits per heavy atom. The molecule has 0 atom stereocenters. The number of hydrogen-bond acceptors (Lipinski definition) is 3. The summed E-state index contributed by atoms with van der Waals surface area (Å²) in [6, 6.07) is 7.50. The highest BCUT2D eigenvalue weighted by molar-refractivity contribution is 6.00. The molecule has 0 aliphatic heterocycles. The van der Waals surface area contributed by atoms with Crippen LogP contribution >= 0.6 is 0 Å². The lowest BCUT2D eigenvalue weighted by molar-refractivity contribution is -0.121. The molecule has 1 aromatic carbocycles. The molecular weight excluding hydrogens is 278 g/mol. The van der Waals surface area contributed by atoms with Crippen LogP contribution in [0.25, 0.3) is 0 Å². The molecule has 2 rings (SSSR count). The van der Waals surface area contributed by atoms with E-state index in [-0.39, 0.29) is 17.7 Å². The second-order valence-electron chi connectivity index (χ2n) is 5.77. The van der Waals surface area contributed by atoms with Crippen LogP contribution in [0.5, 0.6) is 0 Å². The van der Waals surface area contributed by atoms with Crippen molar-refractivity contribution in [2.24, 2.45) is 11.0 Å². The van der Waals surface area contributed by atoms with Gasteiger partial charge in [-0.05, 0) is 37.5 Å². The number of rotatable bonds is 4. The first-order valence-corrected chi connectivity index (χ1v) is 7.78. The highest BCUT2D eigenvalue weighted by atomic mass is 16.2. The Hall–Kier alpha value is -2.17. The quantitative estimate of drug-likeness (QED) is 0.663. The van der Waals surface area contributed by atoms with E-state index in [2.05, 4.69) is 15.8 Å². The second kappa shape index (κ2) is 7.73. The van der Waals surface area contributed by atoms with E-state index in [1.165, 1.54) is 13.3 Å². The minimum Gasteiger partial charge on any atom is -0.326 e. The van der Waals surface area contributed by atoms with Crippen LogP contribution in [0.2, 0.25) is 0 Å². The predicted octanol–water partition coefficient (Wildman–Crippen LogP) is 3.07. The van der Waals surface area contributed by atoms with Crippen LogP contribution in [0.4, 0.5) is 5.69 Å². The fourth-order valence-electron chi connectivity index (χ4n) is 2.63. The number of nitrogens with one attached hydrogen (secondary N) is 2. The number of amides is 2. The lowest BCUT2D eigenvalue weighted by Crippen LogP contribution is -2.24. The van der Waals surface area contributed by atoms with Gasteiger partial charge in [0.2, 0.25) is 11.8 Å². The summed E-state index contributed by atoms with van der Waals surface area (Å²) in [5.74, 6) is 0.0725. The zero-order chi connectivity index (χ0) is 15.9. The Morgan fingerprint density at radius 3 is 2.27 bits per heavy atom. The largest absolute Gasteiger partial charge is 0.326 e. The summed E-state index contributed by atoms with van der Waals surface area (Å²) in [6.45, 7) is 3.24. The van der Waals surface area contributed by atoms with E-state index >= 15 is 0 Å². The first-order valence-electron chi connectivity index (χ1n) is 7.78. The topological polar surface area (TPSA) is 70.6 Å². The highest BCUT2D eigenvalue weighted by Crippen LogP contribution is 2.25. The number of carbonyl (C=O) groups is 2. The maximum absolute atomic E-state index is 12.2. The van der Waals surface area contributed by atoms with E-state index in [0.717, 1.165) is 42.6 Å². The fraction of sp³-hybridized carbons (Fsp3) is 0.471. The minimum atomic E-state index is -0.198. The Balaban J connectivity index is 1.95. The molecule has 0 heterocycles. The summed E-state index contributed by atoms with van der Waals surface area (Å²) < 4.78 is 0. The van der Waals surface area contributed by atoms with Crippen LogP contribution < -0.4 is 10.7 Å². The highest BCUT2D eigenvalue weighted by Gasteiger charge is 2.20. The number of anilines is 1. The number of nitrogens with zero attached hydrogens (tertiary/aromatic N) is 1. The molecule has 0 radical (unpaired) electrons. The van der Waals surface area contributed by atoms with Gasteiger partial charge in [0.15, 0.2) is 0 Å². The summed E-state index contributed by atoms with van der Waals surface area (Å²) in [5, 5.41) is 6.97. The lowest BCUT2D eigenvalue weighted by atomic mass is 9.88. The molecule has 0 bridgehead atoms. The average Bonchev–Trinajstić information content (AvgIpc) is 2.54. The molecule has 1 aliphatic carbocycles. The molecule has 2 amide bonds. The van der Waals surface area contributed by atoms with Crippen molar-refractivity contribution in [1.82, 2.24) is 5.43 Å².